The van der Waals surface area contributed by atoms with Gasteiger partial charge in [0.05, 0.1) is 23.0 Å². The van der Waals surface area contributed by atoms with Crippen molar-refractivity contribution in [3.05, 3.63) is 77.8 Å². The smallest absolute Gasteiger partial charge is 0.250 e. The second-order valence-corrected chi connectivity index (χ2v) is 6.39. The van der Waals surface area contributed by atoms with Gasteiger partial charge in [0.2, 0.25) is 5.88 Å². The van der Waals surface area contributed by atoms with Crippen LogP contribution in [0, 0.1) is 12.7 Å². The predicted molar refractivity (Wildman–Crippen MR) is 105 cm³/mol. The zero-order valence-electron chi connectivity index (χ0n) is 15.9. The molecule has 0 spiro atoms. The summed E-state index contributed by atoms with van der Waals surface area (Å²) in [7, 11) is 0. The number of carbonyl (C=O) groups excluding carboxylic acids is 1. The minimum absolute atomic E-state index is 0.137. The van der Waals surface area contributed by atoms with E-state index >= 15 is 0 Å². The van der Waals surface area contributed by atoms with E-state index in [0.29, 0.717) is 45.3 Å². The number of aryl methyl sites for hydroxylation is 1. The van der Waals surface area contributed by atoms with Crippen LogP contribution in [0.2, 0.25) is 0 Å². The van der Waals surface area contributed by atoms with Crippen molar-refractivity contribution in [2.75, 3.05) is 0 Å². The van der Waals surface area contributed by atoms with Gasteiger partial charge < -0.3 is 15.0 Å². The number of carbonyl (C=O) groups is 1. The van der Waals surface area contributed by atoms with E-state index in [2.05, 4.69) is 20.1 Å². The minimum Gasteiger partial charge on any atom is -0.473 e. The molecular formula is C21H16FN5O3. The standard InChI is InChI=1S/C21H16FN5O3/c1-12-17(20(27-30-12)18-4-3-14(22)9-25-18)11-29-19-5-2-13(8-26-19)15-6-7-24-10-16(15)21(23)28/h2-10H,11H2,1H3,(H2,23,28). The van der Waals surface area contributed by atoms with Crippen molar-refractivity contribution in [2.45, 2.75) is 13.5 Å². The van der Waals surface area contributed by atoms with Crippen molar-refractivity contribution in [3.8, 4) is 28.4 Å². The van der Waals surface area contributed by atoms with Crippen LogP contribution >= 0.6 is 0 Å². The Morgan fingerprint density at radius 3 is 2.70 bits per heavy atom. The summed E-state index contributed by atoms with van der Waals surface area (Å²) >= 11 is 0. The Balaban J connectivity index is 1.53. The lowest BCUT2D eigenvalue weighted by molar-refractivity contribution is 0.100. The van der Waals surface area contributed by atoms with Gasteiger partial charge in [-0.05, 0) is 36.8 Å². The lowest BCUT2D eigenvalue weighted by atomic mass is 10.0. The van der Waals surface area contributed by atoms with Gasteiger partial charge in [-0.15, -0.1) is 0 Å². The maximum absolute atomic E-state index is 13.1. The van der Waals surface area contributed by atoms with Crippen LogP contribution in [-0.2, 0) is 6.61 Å². The number of ether oxygens (including phenoxy) is 1. The van der Waals surface area contributed by atoms with E-state index < -0.39 is 11.7 Å². The molecule has 9 heteroatoms. The van der Waals surface area contributed by atoms with Gasteiger partial charge in [-0.1, -0.05) is 5.16 Å². The Hall–Kier alpha value is -4.14. The number of rotatable bonds is 6. The van der Waals surface area contributed by atoms with E-state index in [1.54, 1.807) is 37.5 Å². The van der Waals surface area contributed by atoms with Crippen LogP contribution < -0.4 is 10.5 Å². The third kappa shape index (κ3) is 3.86. The zero-order valence-corrected chi connectivity index (χ0v) is 15.9. The van der Waals surface area contributed by atoms with Crippen LogP contribution in [0.5, 0.6) is 5.88 Å². The highest BCUT2D eigenvalue weighted by molar-refractivity contribution is 5.99. The number of hydrogen-bond acceptors (Lipinski definition) is 7. The second-order valence-electron chi connectivity index (χ2n) is 6.39. The quantitative estimate of drug-likeness (QED) is 0.523. The normalized spacial score (nSPS) is 10.7. The summed E-state index contributed by atoms with van der Waals surface area (Å²) in [5.41, 5.74) is 8.70. The summed E-state index contributed by atoms with van der Waals surface area (Å²) in [6.07, 6.45) is 5.69. The maximum Gasteiger partial charge on any atom is 0.250 e. The number of pyridine rings is 3. The Morgan fingerprint density at radius 1 is 1.13 bits per heavy atom. The number of primary amides is 1. The molecule has 8 nitrogen and oxygen atoms in total. The molecule has 4 heterocycles. The fourth-order valence-corrected chi connectivity index (χ4v) is 2.89. The first-order valence-electron chi connectivity index (χ1n) is 8.93. The van der Waals surface area contributed by atoms with Gasteiger partial charge in [0.15, 0.2) is 0 Å². The third-order valence-electron chi connectivity index (χ3n) is 4.45. The second kappa shape index (κ2) is 8.08. The number of aromatic nitrogens is 4. The molecule has 2 N–H and O–H groups in total. The van der Waals surface area contributed by atoms with Crippen LogP contribution in [0.25, 0.3) is 22.5 Å². The van der Waals surface area contributed by atoms with Crippen LogP contribution in [0.4, 0.5) is 4.39 Å². The maximum atomic E-state index is 13.1. The summed E-state index contributed by atoms with van der Waals surface area (Å²) in [6, 6.07) is 7.97. The highest BCUT2D eigenvalue weighted by atomic mass is 19.1. The third-order valence-corrected chi connectivity index (χ3v) is 4.45. The van der Waals surface area contributed by atoms with Crippen LogP contribution in [-0.4, -0.2) is 26.0 Å². The highest BCUT2D eigenvalue weighted by Crippen LogP contribution is 2.26. The summed E-state index contributed by atoms with van der Waals surface area (Å²) in [5.74, 6) is -0.0688. The van der Waals surface area contributed by atoms with Gasteiger partial charge in [-0.25, -0.2) is 9.37 Å². The SMILES string of the molecule is Cc1onc(-c2ccc(F)cn2)c1COc1ccc(-c2ccncc2C(N)=O)cn1. The monoisotopic (exact) mass is 405 g/mol. The van der Waals surface area contributed by atoms with Crippen molar-refractivity contribution < 1.29 is 18.4 Å². The molecule has 4 aromatic rings. The number of amides is 1. The van der Waals surface area contributed by atoms with Crippen molar-refractivity contribution >= 4 is 5.91 Å². The van der Waals surface area contributed by atoms with E-state index in [0.717, 1.165) is 6.20 Å². The molecule has 0 saturated heterocycles. The van der Waals surface area contributed by atoms with Gasteiger partial charge >= 0.3 is 0 Å². The zero-order chi connectivity index (χ0) is 21.1. The Morgan fingerprint density at radius 2 is 2.00 bits per heavy atom. The molecule has 4 rings (SSSR count). The molecule has 0 bridgehead atoms. The van der Waals surface area contributed by atoms with Gasteiger partial charge in [-0.2, -0.15) is 0 Å². The molecule has 0 aromatic carbocycles. The molecule has 4 aromatic heterocycles. The van der Waals surface area contributed by atoms with Crippen LogP contribution in [0.3, 0.4) is 0 Å². The largest absolute Gasteiger partial charge is 0.473 e. The summed E-state index contributed by atoms with van der Waals surface area (Å²) in [4.78, 5) is 23.8. The van der Waals surface area contributed by atoms with E-state index in [-0.39, 0.29) is 6.61 Å². The fourth-order valence-electron chi connectivity index (χ4n) is 2.89. The molecule has 30 heavy (non-hydrogen) atoms. The molecule has 0 aliphatic heterocycles. The van der Waals surface area contributed by atoms with E-state index in [4.69, 9.17) is 15.0 Å². The van der Waals surface area contributed by atoms with Gasteiger partial charge in [-0.3, -0.25) is 14.8 Å². The predicted octanol–water partition coefficient (Wildman–Crippen LogP) is 3.32. The van der Waals surface area contributed by atoms with Crippen molar-refractivity contribution in [1.82, 2.24) is 20.1 Å². The molecule has 0 saturated carbocycles. The topological polar surface area (TPSA) is 117 Å². The molecular weight excluding hydrogens is 389 g/mol. The molecule has 0 aliphatic carbocycles. The molecule has 0 atom stereocenters. The first-order valence-corrected chi connectivity index (χ1v) is 8.93. The molecule has 150 valence electrons. The lowest BCUT2D eigenvalue weighted by Gasteiger charge is -2.08. The average Bonchev–Trinajstić information content (AvgIpc) is 3.13. The van der Waals surface area contributed by atoms with Crippen molar-refractivity contribution in [3.63, 3.8) is 0 Å². The van der Waals surface area contributed by atoms with E-state index in [1.165, 1.54) is 18.3 Å². The van der Waals surface area contributed by atoms with Gasteiger partial charge in [0.25, 0.3) is 5.91 Å². The number of hydrogen-bond donors (Lipinski definition) is 1. The lowest BCUT2D eigenvalue weighted by Crippen LogP contribution is -2.12. The molecule has 0 radical (unpaired) electrons. The van der Waals surface area contributed by atoms with E-state index in [9.17, 15) is 9.18 Å². The summed E-state index contributed by atoms with van der Waals surface area (Å²) in [6.45, 7) is 1.89. The fraction of sp³-hybridized carbons (Fsp3) is 0.0952. The van der Waals surface area contributed by atoms with Crippen LogP contribution in [0.15, 0.2) is 59.6 Å². The molecule has 1 amide bonds. The molecule has 0 fully saturated rings. The minimum atomic E-state index is -0.566. The highest BCUT2D eigenvalue weighted by Gasteiger charge is 2.17. The van der Waals surface area contributed by atoms with Crippen molar-refractivity contribution in [2.24, 2.45) is 5.73 Å². The first-order chi connectivity index (χ1) is 14.5. The van der Waals surface area contributed by atoms with Gasteiger partial charge in [0.1, 0.15) is 23.9 Å². The number of nitrogens with zero attached hydrogens (tertiary/aromatic N) is 4. The first kappa shape index (κ1) is 19.2. The summed E-state index contributed by atoms with van der Waals surface area (Å²) < 4.78 is 24.1. The summed E-state index contributed by atoms with van der Waals surface area (Å²) in [5, 5.41) is 4.00. The average molecular weight is 405 g/mol. The van der Waals surface area contributed by atoms with Gasteiger partial charge in [0, 0.05) is 30.2 Å². The Labute approximate surface area is 170 Å². The van der Waals surface area contributed by atoms with Crippen LogP contribution in [0.1, 0.15) is 21.7 Å². The Bertz CT molecular complexity index is 1190. The molecule has 0 unspecified atom stereocenters. The number of nitrogens with two attached hydrogens (primary N) is 1. The number of halogens is 1. The Kier molecular flexibility index (Phi) is 5.17. The molecule has 0 aliphatic rings. The van der Waals surface area contributed by atoms with E-state index in [1.807, 2.05) is 0 Å². The van der Waals surface area contributed by atoms with Crippen molar-refractivity contribution in [1.29, 1.82) is 0 Å².